The van der Waals surface area contributed by atoms with Crippen molar-refractivity contribution in [2.24, 2.45) is 0 Å². The van der Waals surface area contributed by atoms with Crippen LogP contribution in [0.2, 0.25) is 0 Å². The van der Waals surface area contributed by atoms with E-state index in [1.807, 2.05) is 11.3 Å². The topological polar surface area (TPSA) is 24.9 Å². The highest BCUT2D eigenvalue weighted by molar-refractivity contribution is 7.12. The fourth-order valence-electron chi connectivity index (χ4n) is 2.61. The fraction of sp³-hybridized carbons (Fsp3) is 0.438. The Morgan fingerprint density at radius 2 is 2.05 bits per heavy atom. The van der Waals surface area contributed by atoms with Crippen LogP contribution in [0.1, 0.15) is 33.4 Å². The van der Waals surface area contributed by atoms with Crippen molar-refractivity contribution in [3.8, 4) is 11.3 Å². The van der Waals surface area contributed by atoms with Crippen molar-refractivity contribution >= 4 is 11.3 Å². The zero-order valence-corrected chi connectivity index (χ0v) is 12.6. The van der Waals surface area contributed by atoms with Gasteiger partial charge in [0.2, 0.25) is 0 Å². The molecule has 1 atom stereocenters. The summed E-state index contributed by atoms with van der Waals surface area (Å²) in [7, 11) is 0. The number of nitrogens with zero attached hydrogens (tertiary/aromatic N) is 1. The molecule has 1 N–H and O–H groups in total. The van der Waals surface area contributed by atoms with E-state index in [-0.39, 0.29) is 0 Å². The molecule has 3 rings (SSSR count). The van der Waals surface area contributed by atoms with E-state index in [1.165, 1.54) is 38.7 Å². The molecule has 19 heavy (non-hydrogen) atoms. The third-order valence-corrected chi connectivity index (χ3v) is 5.14. The first-order valence-electron chi connectivity index (χ1n) is 6.91. The Morgan fingerprint density at radius 3 is 2.74 bits per heavy atom. The van der Waals surface area contributed by atoms with E-state index in [2.05, 4.69) is 44.3 Å². The predicted molar refractivity (Wildman–Crippen MR) is 82.0 cm³/mol. The summed E-state index contributed by atoms with van der Waals surface area (Å²) < 4.78 is 0. The Labute approximate surface area is 118 Å². The number of aromatic nitrogens is 1. The quantitative estimate of drug-likeness (QED) is 0.899. The zero-order valence-electron chi connectivity index (χ0n) is 11.8. The van der Waals surface area contributed by atoms with E-state index in [9.17, 15) is 0 Å². The number of rotatable bonds is 2. The molecule has 0 amide bonds. The smallest absolute Gasteiger partial charge is 0.0979 e. The lowest BCUT2D eigenvalue weighted by atomic mass is 10.0. The molecule has 0 bridgehead atoms. The lowest BCUT2D eigenvalue weighted by molar-refractivity contribution is 0.756. The first kappa shape index (κ1) is 12.8. The van der Waals surface area contributed by atoms with E-state index in [4.69, 9.17) is 4.98 Å². The molecule has 2 heterocycles. The zero-order chi connectivity index (χ0) is 13.4. The minimum absolute atomic E-state index is 0.615. The molecule has 1 unspecified atom stereocenters. The summed E-state index contributed by atoms with van der Waals surface area (Å²) in [4.78, 5) is 6.25. The Bertz CT molecular complexity index is 595. The Morgan fingerprint density at radius 1 is 1.21 bits per heavy atom. The predicted octanol–water partition coefficient (Wildman–Crippen LogP) is 3.81. The molecule has 0 spiro atoms. The van der Waals surface area contributed by atoms with Gasteiger partial charge < -0.3 is 5.32 Å². The van der Waals surface area contributed by atoms with Crippen LogP contribution in [0.4, 0.5) is 0 Å². The van der Waals surface area contributed by atoms with Gasteiger partial charge in [0.15, 0.2) is 0 Å². The second-order valence-electron chi connectivity index (χ2n) is 5.45. The fourth-order valence-corrected chi connectivity index (χ4v) is 3.69. The van der Waals surface area contributed by atoms with Crippen molar-refractivity contribution in [3.05, 3.63) is 39.2 Å². The monoisotopic (exact) mass is 272 g/mol. The number of thiazole rings is 1. The van der Waals surface area contributed by atoms with E-state index < -0.39 is 0 Å². The second kappa shape index (κ2) is 5.06. The van der Waals surface area contributed by atoms with Crippen LogP contribution >= 0.6 is 11.3 Å². The molecule has 1 fully saturated rings. The van der Waals surface area contributed by atoms with E-state index in [0.29, 0.717) is 5.92 Å². The maximum absolute atomic E-state index is 4.91. The van der Waals surface area contributed by atoms with Crippen LogP contribution in [-0.2, 0) is 0 Å². The minimum atomic E-state index is 0.615. The standard InChI is InChI=1S/C16H20N2S/c1-10-4-5-13(8-11(10)2)15-12(3)19-16(18-15)14-6-7-17-9-14/h4-5,8,14,17H,6-7,9H2,1-3H3. The SMILES string of the molecule is Cc1ccc(-c2nc(C3CCNC3)sc2C)cc1C. The number of nitrogens with one attached hydrogen (secondary N) is 1. The lowest BCUT2D eigenvalue weighted by Crippen LogP contribution is -2.07. The van der Waals surface area contributed by atoms with Gasteiger partial charge in [0.25, 0.3) is 0 Å². The summed E-state index contributed by atoms with van der Waals surface area (Å²) in [6.45, 7) is 8.72. The van der Waals surface area contributed by atoms with Crippen molar-refractivity contribution in [3.63, 3.8) is 0 Å². The molecule has 0 saturated carbocycles. The third kappa shape index (κ3) is 2.45. The van der Waals surface area contributed by atoms with Gasteiger partial charge in [0.05, 0.1) is 10.7 Å². The molecule has 2 aromatic rings. The van der Waals surface area contributed by atoms with Crippen LogP contribution in [0.5, 0.6) is 0 Å². The molecule has 3 heteroatoms. The van der Waals surface area contributed by atoms with E-state index in [0.717, 1.165) is 13.1 Å². The van der Waals surface area contributed by atoms with Crippen molar-refractivity contribution in [1.29, 1.82) is 0 Å². The first-order chi connectivity index (χ1) is 9.15. The minimum Gasteiger partial charge on any atom is -0.316 e. The molecule has 1 aromatic carbocycles. The molecule has 0 aliphatic carbocycles. The van der Waals surface area contributed by atoms with Gasteiger partial charge in [-0.3, -0.25) is 0 Å². The molecular weight excluding hydrogens is 252 g/mol. The number of hydrogen-bond donors (Lipinski definition) is 1. The Hall–Kier alpha value is -1.19. The van der Waals surface area contributed by atoms with Gasteiger partial charge in [-0.15, -0.1) is 11.3 Å². The molecule has 1 aliphatic heterocycles. The highest BCUT2D eigenvalue weighted by Crippen LogP contribution is 2.34. The van der Waals surface area contributed by atoms with Crippen LogP contribution in [0.3, 0.4) is 0 Å². The summed E-state index contributed by atoms with van der Waals surface area (Å²) in [5.41, 5.74) is 5.12. The lowest BCUT2D eigenvalue weighted by Gasteiger charge is -2.04. The summed E-state index contributed by atoms with van der Waals surface area (Å²) in [5.74, 6) is 0.615. The highest BCUT2D eigenvalue weighted by atomic mass is 32.1. The van der Waals surface area contributed by atoms with Crippen LogP contribution < -0.4 is 5.32 Å². The first-order valence-corrected chi connectivity index (χ1v) is 7.72. The molecule has 1 aliphatic rings. The molecule has 2 nitrogen and oxygen atoms in total. The van der Waals surface area contributed by atoms with Crippen molar-refractivity contribution in [2.75, 3.05) is 13.1 Å². The third-order valence-electron chi connectivity index (χ3n) is 4.00. The van der Waals surface area contributed by atoms with Gasteiger partial charge in [-0.1, -0.05) is 12.1 Å². The van der Waals surface area contributed by atoms with Crippen molar-refractivity contribution < 1.29 is 0 Å². The Kier molecular flexibility index (Phi) is 3.42. The van der Waals surface area contributed by atoms with Gasteiger partial charge in [-0.05, 0) is 50.9 Å². The van der Waals surface area contributed by atoms with Gasteiger partial charge in [0.1, 0.15) is 0 Å². The van der Waals surface area contributed by atoms with Crippen molar-refractivity contribution in [2.45, 2.75) is 33.1 Å². The van der Waals surface area contributed by atoms with Crippen LogP contribution in [-0.4, -0.2) is 18.1 Å². The van der Waals surface area contributed by atoms with Gasteiger partial charge in [-0.2, -0.15) is 0 Å². The van der Waals surface area contributed by atoms with E-state index in [1.54, 1.807) is 0 Å². The number of benzene rings is 1. The number of hydrogen-bond acceptors (Lipinski definition) is 3. The molecular formula is C16H20N2S. The van der Waals surface area contributed by atoms with Crippen molar-refractivity contribution in [1.82, 2.24) is 10.3 Å². The largest absolute Gasteiger partial charge is 0.316 e. The summed E-state index contributed by atoms with van der Waals surface area (Å²) in [6, 6.07) is 6.65. The second-order valence-corrected chi connectivity index (χ2v) is 6.68. The maximum Gasteiger partial charge on any atom is 0.0979 e. The normalized spacial score (nSPS) is 19.0. The molecule has 1 saturated heterocycles. The maximum atomic E-state index is 4.91. The summed E-state index contributed by atoms with van der Waals surface area (Å²) >= 11 is 1.87. The summed E-state index contributed by atoms with van der Waals surface area (Å²) in [6.07, 6.45) is 1.22. The van der Waals surface area contributed by atoms with Crippen LogP contribution in [0, 0.1) is 20.8 Å². The van der Waals surface area contributed by atoms with Gasteiger partial charge >= 0.3 is 0 Å². The Balaban J connectivity index is 1.97. The molecule has 0 radical (unpaired) electrons. The molecule has 1 aromatic heterocycles. The number of aryl methyl sites for hydroxylation is 3. The van der Waals surface area contributed by atoms with Gasteiger partial charge in [0, 0.05) is 22.9 Å². The average Bonchev–Trinajstić information content (AvgIpc) is 3.01. The average molecular weight is 272 g/mol. The van der Waals surface area contributed by atoms with Crippen LogP contribution in [0.15, 0.2) is 18.2 Å². The van der Waals surface area contributed by atoms with Crippen LogP contribution in [0.25, 0.3) is 11.3 Å². The highest BCUT2D eigenvalue weighted by Gasteiger charge is 2.21. The summed E-state index contributed by atoms with van der Waals surface area (Å²) in [5, 5.41) is 4.72. The molecule has 100 valence electrons. The van der Waals surface area contributed by atoms with Gasteiger partial charge in [-0.25, -0.2) is 4.98 Å². The van der Waals surface area contributed by atoms with E-state index >= 15 is 0 Å².